The number of alkyl halides is 1. The molecule has 5 atom stereocenters. The average molecular weight is 339 g/mol. The third kappa shape index (κ3) is 2.06. The van der Waals surface area contributed by atoms with Gasteiger partial charge in [-0.1, -0.05) is 0 Å². The second kappa shape index (κ2) is 5.95. The predicted molar refractivity (Wildman–Crippen MR) is 73.3 cm³/mol. The van der Waals surface area contributed by atoms with E-state index >= 15 is 0 Å². The largest absolute Gasteiger partial charge is 0.376 e. The van der Waals surface area contributed by atoms with Crippen molar-refractivity contribution in [1.82, 2.24) is 0 Å². The van der Waals surface area contributed by atoms with Gasteiger partial charge in [-0.2, -0.15) is 0 Å². The minimum atomic E-state index is -3.18. The van der Waals surface area contributed by atoms with Gasteiger partial charge in [-0.05, 0) is 20.8 Å². The summed E-state index contributed by atoms with van der Waals surface area (Å²) in [6, 6.07) is 0. The lowest BCUT2D eigenvalue weighted by Gasteiger charge is -2.57. The maximum absolute atomic E-state index is 12.1. The number of halogens is 1. The monoisotopic (exact) mass is 338 g/mol. The van der Waals surface area contributed by atoms with Gasteiger partial charge in [-0.3, -0.25) is 14.4 Å². The molecule has 1 aliphatic heterocycles. The lowest BCUT2D eigenvalue weighted by Crippen LogP contribution is -2.86. The number of hydrogen-bond acceptors (Lipinski definition) is 8. The lowest BCUT2D eigenvalue weighted by molar-refractivity contribution is -0.357. The van der Waals surface area contributed by atoms with E-state index in [0.29, 0.717) is 0 Å². The molecular formula is C13H19ClO8. The van der Waals surface area contributed by atoms with Crippen LogP contribution in [0.4, 0.5) is 0 Å². The van der Waals surface area contributed by atoms with Crippen molar-refractivity contribution < 1.29 is 39.2 Å². The Morgan fingerprint density at radius 2 is 1.50 bits per heavy atom. The molecule has 0 radical (unpaired) electrons. The number of Topliss-reactive ketones (excluding diaryl/α,β-unsaturated/α-hetero) is 3. The zero-order valence-electron chi connectivity index (χ0n) is 12.6. The first kappa shape index (κ1) is 19.1. The van der Waals surface area contributed by atoms with E-state index in [2.05, 4.69) is 0 Å². The highest BCUT2D eigenvalue weighted by molar-refractivity contribution is 6.19. The van der Waals surface area contributed by atoms with Crippen molar-refractivity contribution >= 4 is 29.0 Å². The first-order valence-electron chi connectivity index (χ1n) is 6.40. The van der Waals surface area contributed by atoms with Crippen molar-refractivity contribution in [2.24, 2.45) is 0 Å². The number of aliphatic hydroxyl groups is 3. The van der Waals surface area contributed by atoms with Gasteiger partial charge in [0.25, 0.3) is 0 Å². The average Bonchev–Trinajstić information content (AvgIpc) is 2.44. The van der Waals surface area contributed by atoms with E-state index in [1.165, 1.54) is 0 Å². The fraction of sp³-hybridized carbons (Fsp3) is 0.769. The molecule has 126 valence electrons. The van der Waals surface area contributed by atoms with Crippen molar-refractivity contribution in [2.75, 3.05) is 13.0 Å². The van der Waals surface area contributed by atoms with Crippen LogP contribution < -0.4 is 0 Å². The number of hydrogen-bond donors (Lipinski definition) is 3. The molecular weight excluding hydrogens is 320 g/mol. The Labute approximate surface area is 132 Å². The molecule has 9 heteroatoms. The highest BCUT2D eigenvalue weighted by Gasteiger charge is 2.78. The lowest BCUT2D eigenvalue weighted by atomic mass is 9.61. The Morgan fingerprint density at radius 3 is 1.77 bits per heavy atom. The third-order valence-corrected chi connectivity index (χ3v) is 4.42. The summed E-state index contributed by atoms with van der Waals surface area (Å²) in [5.41, 5.74) is -9.09. The standard InChI is InChI=1S/C13H19ClO8/c1-6(15)11(18)9(5-14)22-10(21-4)12(19,7(2)16)13(11,20)8(3)17/h9-10,18-20H,5H2,1-4H3/t9-,10+,11-,12+,13+/m1/s1. The molecule has 0 saturated carbocycles. The summed E-state index contributed by atoms with van der Waals surface area (Å²) in [5, 5.41) is 32.2. The number of ether oxygens (including phenoxy) is 2. The minimum absolute atomic E-state index is 0.500. The molecule has 3 N–H and O–H groups in total. The van der Waals surface area contributed by atoms with Gasteiger partial charge in [-0.15, -0.1) is 11.6 Å². The van der Waals surface area contributed by atoms with Crippen molar-refractivity contribution in [2.45, 2.75) is 50.0 Å². The van der Waals surface area contributed by atoms with Crippen LogP contribution in [0.1, 0.15) is 20.8 Å². The Kier molecular flexibility index (Phi) is 5.18. The molecule has 0 unspecified atom stereocenters. The highest BCUT2D eigenvalue weighted by atomic mass is 35.5. The Hall–Kier alpha value is -0.900. The van der Waals surface area contributed by atoms with Crippen molar-refractivity contribution in [3.8, 4) is 0 Å². The quantitative estimate of drug-likeness (QED) is 0.519. The first-order valence-corrected chi connectivity index (χ1v) is 6.94. The SMILES string of the molecule is CO[C@H]1O[C@H](CCl)[C@](O)(C(C)=O)[C@@](O)(C(C)=O)[C@]1(O)C(C)=O. The molecule has 0 aliphatic carbocycles. The molecule has 8 nitrogen and oxygen atoms in total. The van der Waals surface area contributed by atoms with Gasteiger partial charge in [0.05, 0.1) is 5.88 Å². The van der Waals surface area contributed by atoms with Crippen LogP contribution in [0.3, 0.4) is 0 Å². The Bertz CT molecular complexity index is 472. The summed E-state index contributed by atoms with van der Waals surface area (Å²) >= 11 is 5.65. The molecule has 0 aromatic heterocycles. The van der Waals surface area contributed by atoms with Crippen molar-refractivity contribution in [3.63, 3.8) is 0 Å². The summed E-state index contributed by atoms with van der Waals surface area (Å²) in [6.45, 7) is 2.57. The van der Waals surface area contributed by atoms with Crippen LogP contribution in [-0.4, -0.2) is 74.9 Å². The summed E-state index contributed by atoms with van der Waals surface area (Å²) in [4.78, 5) is 35.9. The van der Waals surface area contributed by atoms with Crippen LogP contribution in [0.15, 0.2) is 0 Å². The first-order chi connectivity index (χ1) is 9.95. The Morgan fingerprint density at radius 1 is 1.05 bits per heavy atom. The molecule has 22 heavy (non-hydrogen) atoms. The van der Waals surface area contributed by atoms with Crippen LogP contribution in [0.25, 0.3) is 0 Å². The maximum Gasteiger partial charge on any atom is 0.213 e. The zero-order valence-corrected chi connectivity index (χ0v) is 13.4. The van der Waals surface area contributed by atoms with E-state index < -0.39 is 52.4 Å². The summed E-state index contributed by atoms with van der Waals surface area (Å²) in [6.07, 6.45) is -3.38. The number of carbonyl (C=O) groups excluding carboxylic acids is 3. The molecule has 0 spiro atoms. The number of carbonyl (C=O) groups is 3. The summed E-state index contributed by atoms with van der Waals surface area (Å²) < 4.78 is 10.0. The summed E-state index contributed by atoms with van der Waals surface area (Å²) in [5.74, 6) is -3.92. The van der Waals surface area contributed by atoms with Gasteiger partial charge in [0.2, 0.25) is 11.2 Å². The topological polar surface area (TPSA) is 130 Å². The fourth-order valence-corrected chi connectivity index (χ4v) is 3.15. The van der Waals surface area contributed by atoms with E-state index in [4.69, 9.17) is 21.1 Å². The van der Waals surface area contributed by atoms with E-state index in [9.17, 15) is 29.7 Å². The smallest absolute Gasteiger partial charge is 0.213 e. The van der Waals surface area contributed by atoms with E-state index in [1.807, 2.05) is 0 Å². The van der Waals surface area contributed by atoms with Crippen LogP contribution >= 0.6 is 11.6 Å². The van der Waals surface area contributed by atoms with Gasteiger partial charge in [0, 0.05) is 7.11 Å². The summed E-state index contributed by atoms with van der Waals surface area (Å²) in [7, 11) is 1.06. The molecule has 0 aromatic carbocycles. The second-order valence-corrected chi connectivity index (χ2v) is 5.57. The molecule has 0 aromatic rings. The third-order valence-electron chi connectivity index (χ3n) is 4.14. The van der Waals surface area contributed by atoms with Crippen molar-refractivity contribution in [3.05, 3.63) is 0 Å². The molecule has 0 bridgehead atoms. The van der Waals surface area contributed by atoms with Gasteiger partial charge >= 0.3 is 0 Å². The van der Waals surface area contributed by atoms with E-state index in [-0.39, 0.29) is 0 Å². The number of ketones is 3. The molecule has 1 saturated heterocycles. The van der Waals surface area contributed by atoms with Crippen LogP contribution in [0.2, 0.25) is 0 Å². The van der Waals surface area contributed by atoms with E-state index in [1.54, 1.807) is 0 Å². The molecule has 0 amide bonds. The van der Waals surface area contributed by atoms with Crippen LogP contribution in [0.5, 0.6) is 0 Å². The Balaban J connectivity index is 3.81. The molecule has 1 rings (SSSR count). The van der Waals surface area contributed by atoms with Crippen LogP contribution in [0, 0.1) is 0 Å². The van der Waals surface area contributed by atoms with Gasteiger partial charge in [-0.25, -0.2) is 0 Å². The predicted octanol–water partition coefficient (Wildman–Crippen LogP) is -1.44. The van der Waals surface area contributed by atoms with Gasteiger partial charge in [0.1, 0.15) is 6.10 Å². The zero-order chi connectivity index (χ0) is 17.5. The molecule has 1 heterocycles. The molecule has 1 aliphatic rings. The van der Waals surface area contributed by atoms with Gasteiger partial charge < -0.3 is 24.8 Å². The fourth-order valence-electron chi connectivity index (χ4n) is 2.85. The van der Waals surface area contributed by atoms with Crippen LogP contribution in [-0.2, 0) is 23.9 Å². The highest BCUT2D eigenvalue weighted by Crippen LogP contribution is 2.46. The second-order valence-electron chi connectivity index (χ2n) is 5.26. The number of methoxy groups -OCH3 is 1. The van der Waals surface area contributed by atoms with Gasteiger partial charge in [0.15, 0.2) is 29.2 Å². The normalized spacial score (nSPS) is 42.0. The molecule has 1 fully saturated rings. The number of rotatable bonds is 5. The van der Waals surface area contributed by atoms with Crippen molar-refractivity contribution in [1.29, 1.82) is 0 Å². The minimum Gasteiger partial charge on any atom is -0.376 e. The van der Waals surface area contributed by atoms with E-state index in [0.717, 1.165) is 27.9 Å². The maximum atomic E-state index is 12.1.